The second-order valence-electron chi connectivity index (χ2n) is 8.13. The van der Waals surface area contributed by atoms with Gasteiger partial charge in [0.05, 0.1) is 36.8 Å². The zero-order valence-corrected chi connectivity index (χ0v) is 18.2. The second-order valence-corrected chi connectivity index (χ2v) is 10.4. The lowest BCUT2D eigenvalue weighted by molar-refractivity contribution is -0.133. The van der Waals surface area contributed by atoms with Crippen molar-refractivity contribution in [3.63, 3.8) is 0 Å². The van der Waals surface area contributed by atoms with Gasteiger partial charge in [-0.25, -0.2) is 13.4 Å². The number of carbonyl (C=O) groups excluding carboxylic acids is 2. The molecule has 2 saturated heterocycles. The van der Waals surface area contributed by atoms with Crippen LogP contribution in [0, 0.1) is 0 Å². The predicted octanol–water partition coefficient (Wildman–Crippen LogP) is 0.342. The minimum Gasteiger partial charge on any atom is -0.379 e. The highest BCUT2D eigenvalue weighted by Gasteiger charge is 2.37. The second kappa shape index (κ2) is 9.46. The molecule has 0 spiro atoms. The number of benzene rings is 1. The third-order valence-electron chi connectivity index (χ3n) is 6.00. The zero-order valence-electron chi connectivity index (χ0n) is 17.4. The number of nitrogens with one attached hydrogen (secondary N) is 1. The molecule has 3 aliphatic heterocycles. The maximum absolute atomic E-state index is 12.9. The van der Waals surface area contributed by atoms with E-state index in [2.05, 4.69) is 15.3 Å². The van der Waals surface area contributed by atoms with Crippen LogP contribution in [0.3, 0.4) is 0 Å². The van der Waals surface area contributed by atoms with E-state index >= 15 is 0 Å². The number of amides is 2. The highest BCUT2D eigenvalue weighted by atomic mass is 32.2. The van der Waals surface area contributed by atoms with Crippen LogP contribution >= 0.6 is 0 Å². The number of sulfone groups is 1. The SMILES string of the molecule is O=C(NCC(c1ccccc1)N1CCOCC1)C1=NN(C2CCS(=O)(=O)C2)C(=O)CC1. The molecule has 0 aromatic heterocycles. The van der Waals surface area contributed by atoms with Crippen LogP contribution in [0.25, 0.3) is 0 Å². The van der Waals surface area contributed by atoms with Crippen molar-refractivity contribution in [3.8, 4) is 0 Å². The molecule has 1 aromatic rings. The van der Waals surface area contributed by atoms with Gasteiger partial charge in [0, 0.05) is 32.5 Å². The normalized spacial score (nSPS) is 25.2. The summed E-state index contributed by atoms with van der Waals surface area (Å²) in [4.78, 5) is 27.5. The van der Waals surface area contributed by atoms with Gasteiger partial charge in [-0.2, -0.15) is 5.10 Å². The van der Waals surface area contributed by atoms with Gasteiger partial charge in [0.15, 0.2) is 9.84 Å². The lowest BCUT2D eigenvalue weighted by Gasteiger charge is -2.35. The van der Waals surface area contributed by atoms with Crippen LogP contribution in [-0.2, 0) is 24.2 Å². The Bertz CT molecular complexity index is 944. The zero-order chi connectivity index (χ0) is 21.8. The fourth-order valence-corrected chi connectivity index (χ4v) is 5.99. The standard InChI is InChI=1S/C21H28N4O5S/c26-20-7-6-18(23-25(20)17-8-13-31(28,29)15-17)21(27)22-14-19(16-4-2-1-3-5-16)24-9-11-30-12-10-24/h1-5,17,19H,6-15H2,(H,22,27). The molecule has 4 rings (SSSR count). The molecular weight excluding hydrogens is 420 g/mol. The quantitative estimate of drug-likeness (QED) is 0.672. The number of carbonyl (C=O) groups is 2. The first-order valence-electron chi connectivity index (χ1n) is 10.7. The Morgan fingerprint density at radius 1 is 1.19 bits per heavy atom. The molecule has 3 heterocycles. The van der Waals surface area contributed by atoms with E-state index in [4.69, 9.17) is 4.74 Å². The average molecular weight is 449 g/mol. The number of hydrazone groups is 1. The van der Waals surface area contributed by atoms with Gasteiger partial charge in [0.2, 0.25) is 5.91 Å². The molecule has 1 N–H and O–H groups in total. The number of nitrogens with zero attached hydrogens (tertiary/aromatic N) is 3. The molecule has 0 saturated carbocycles. The van der Waals surface area contributed by atoms with Gasteiger partial charge in [0.25, 0.3) is 5.91 Å². The van der Waals surface area contributed by atoms with E-state index < -0.39 is 15.9 Å². The lowest BCUT2D eigenvalue weighted by Crippen LogP contribution is -2.47. The molecule has 2 unspecified atom stereocenters. The summed E-state index contributed by atoms with van der Waals surface area (Å²) in [5.41, 5.74) is 1.39. The van der Waals surface area contributed by atoms with E-state index in [0.29, 0.717) is 26.2 Å². The lowest BCUT2D eigenvalue weighted by atomic mass is 10.0. The molecule has 2 fully saturated rings. The topological polar surface area (TPSA) is 108 Å². The molecule has 3 aliphatic rings. The van der Waals surface area contributed by atoms with Crippen LogP contribution in [0.2, 0.25) is 0 Å². The first-order chi connectivity index (χ1) is 14.9. The van der Waals surface area contributed by atoms with E-state index in [-0.39, 0.29) is 47.9 Å². The van der Waals surface area contributed by atoms with Crippen molar-refractivity contribution < 1.29 is 22.7 Å². The van der Waals surface area contributed by atoms with E-state index in [0.717, 1.165) is 18.7 Å². The van der Waals surface area contributed by atoms with Gasteiger partial charge in [0.1, 0.15) is 5.71 Å². The third-order valence-corrected chi connectivity index (χ3v) is 7.75. The van der Waals surface area contributed by atoms with Crippen LogP contribution in [0.4, 0.5) is 0 Å². The summed E-state index contributed by atoms with van der Waals surface area (Å²) in [5, 5.41) is 8.47. The smallest absolute Gasteiger partial charge is 0.267 e. The molecule has 1 aromatic carbocycles. The maximum Gasteiger partial charge on any atom is 0.267 e. The molecule has 168 valence electrons. The van der Waals surface area contributed by atoms with E-state index in [1.165, 1.54) is 5.01 Å². The Morgan fingerprint density at radius 3 is 2.61 bits per heavy atom. The molecule has 0 radical (unpaired) electrons. The Labute approximate surface area is 182 Å². The van der Waals surface area contributed by atoms with Crippen LogP contribution < -0.4 is 5.32 Å². The van der Waals surface area contributed by atoms with Crippen molar-refractivity contribution in [2.45, 2.75) is 31.3 Å². The number of hydrogen-bond donors (Lipinski definition) is 1. The third kappa shape index (κ3) is 5.31. The first-order valence-corrected chi connectivity index (χ1v) is 12.5. The maximum atomic E-state index is 12.9. The van der Waals surface area contributed by atoms with Gasteiger partial charge in [-0.05, 0) is 12.0 Å². The van der Waals surface area contributed by atoms with Crippen molar-refractivity contribution in [3.05, 3.63) is 35.9 Å². The number of hydrogen-bond acceptors (Lipinski definition) is 7. The Hall–Kier alpha value is -2.30. The van der Waals surface area contributed by atoms with E-state index in [1.807, 2.05) is 30.3 Å². The highest BCUT2D eigenvalue weighted by Crippen LogP contribution is 2.23. The summed E-state index contributed by atoms with van der Waals surface area (Å²) in [6.45, 7) is 3.30. The monoisotopic (exact) mass is 448 g/mol. The number of rotatable bonds is 6. The Kier molecular flexibility index (Phi) is 6.68. The minimum atomic E-state index is -3.15. The van der Waals surface area contributed by atoms with Crippen molar-refractivity contribution in [1.82, 2.24) is 15.2 Å². The average Bonchev–Trinajstić information content (AvgIpc) is 3.15. The summed E-state index contributed by atoms with van der Waals surface area (Å²) in [6.07, 6.45) is 0.780. The molecule has 0 bridgehead atoms. The summed E-state index contributed by atoms with van der Waals surface area (Å²) in [6, 6.07) is 9.55. The van der Waals surface area contributed by atoms with Gasteiger partial charge in [-0.3, -0.25) is 14.5 Å². The predicted molar refractivity (Wildman–Crippen MR) is 115 cm³/mol. The Balaban J connectivity index is 1.44. The molecule has 2 amide bonds. The van der Waals surface area contributed by atoms with Gasteiger partial charge in [-0.15, -0.1) is 0 Å². The van der Waals surface area contributed by atoms with Crippen LogP contribution in [0.5, 0.6) is 0 Å². The fourth-order valence-electron chi connectivity index (χ4n) is 4.30. The fraction of sp³-hybridized carbons (Fsp3) is 0.571. The molecule has 0 aliphatic carbocycles. The largest absolute Gasteiger partial charge is 0.379 e. The molecule has 9 nitrogen and oxygen atoms in total. The van der Waals surface area contributed by atoms with Gasteiger partial charge < -0.3 is 10.1 Å². The van der Waals surface area contributed by atoms with Crippen LogP contribution in [-0.4, -0.2) is 86.2 Å². The molecule has 2 atom stereocenters. The van der Waals surface area contributed by atoms with E-state index in [1.54, 1.807) is 0 Å². The summed E-state index contributed by atoms with van der Waals surface area (Å²) < 4.78 is 29.0. The minimum absolute atomic E-state index is 0.0101. The van der Waals surface area contributed by atoms with Crippen molar-refractivity contribution >= 4 is 27.4 Å². The van der Waals surface area contributed by atoms with Crippen molar-refractivity contribution in [1.29, 1.82) is 0 Å². The van der Waals surface area contributed by atoms with Crippen molar-refractivity contribution in [2.75, 3.05) is 44.4 Å². The van der Waals surface area contributed by atoms with Gasteiger partial charge in [-0.1, -0.05) is 30.3 Å². The first kappa shape index (κ1) is 21.9. The summed E-state index contributed by atoms with van der Waals surface area (Å²) in [7, 11) is -3.15. The number of morpholine rings is 1. The summed E-state index contributed by atoms with van der Waals surface area (Å²) in [5.74, 6) is -0.581. The molecule has 31 heavy (non-hydrogen) atoms. The van der Waals surface area contributed by atoms with Crippen LogP contribution in [0.1, 0.15) is 30.9 Å². The Morgan fingerprint density at radius 2 is 1.94 bits per heavy atom. The molecule has 10 heteroatoms. The molecular formula is C21H28N4O5S. The van der Waals surface area contributed by atoms with Crippen molar-refractivity contribution in [2.24, 2.45) is 5.10 Å². The van der Waals surface area contributed by atoms with E-state index in [9.17, 15) is 18.0 Å². The summed E-state index contributed by atoms with van der Waals surface area (Å²) >= 11 is 0. The van der Waals surface area contributed by atoms with Crippen LogP contribution in [0.15, 0.2) is 35.4 Å². The van der Waals surface area contributed by atoms with Gasteiger partial charge >= 0.3 is 0 Å². The highest BCUT2D eigenvalue weighted by molar-refractivity contribution is 7.91. The number of ether oxygens (including phenoxy) is 1.